The van der Waals surface area contributed by atoms with Crippen molar-refractivity contribution in [3.8, 4) is 0 Å². The number of carbonyl (C=O) groups excluding carboxylic acids is 4. The van der Waals surface area contributed by atoms with Crippen LogP contribution in [0.3, 0.4) is 0 Å². The fourth-order valence-electron chi connectivity index (χ4n) is 4.43. The maximum atomic E-state index is 12.9. The number of hydrogen-bond acceptors (Lipinski definition) is 8. The molecule has 3 heterocycles. The van der Waals surface area contributed by atoms with Crippen LogP contribution in [0.25, 0.3) is 0 Å². The molecule has 164 valence electrons. The van der Waals surface area contributed by atoms with Crippen LogP contribution < -0.4 is 16.4 Å². The number of nitrogens with one attached hydrogen (secondary N) is 2. The van der Waals surface area contributed by atoms with E-state index in [9.17, 15) is 19.2 Å². The lowest BCUT2D eigenvalue weighted by molar-refractivity contribution is -0.136. The van der Waals surface area contributed by atoms with Crippen molar-refractivity contribution < 1.29 is 19.2 Å². The SMILES string of the molecule is NC1CCc2nc(NCc3ccc4c(c3)C(=O)N(C3CCC(=O)NC3=O)C4=O)ncc2C1. The quantitative estimate of drug-likeness (QED) is 0.582. The van der Waals surface area contributed by atoms with Gasteiger partial charge in [0.25, 0.3) is 11.8 Å². The van der Waals surface area contributed by atoms with Crippen LogP contribution in [-0.2, 0) is 29.0 Å². The summed E-state index contributed by atoms with van der Waals surface area (Å²) >= 11 is 0. The third kappa shape index (κ3) is 3.52. The summed E-state index contributed by atoms with van der Waals surface area (Å²) in [6.45, 7) is 0.367. The summed E-state index contributed by atoms with van der Waals surface area (Å²) in [4.78, 5) is 59.2. The van der Waals surface area contributed by atoms with Crippen molar-refractivity contribution in [1.29, 1.82) is 0 Å². The smallest absolute Gasteiger partial charge is 0.262 e. The average molecular weight is 434 g/mol. The third-order valence-electron chi connectivity index (χ3n) is 6.14. The lowest BCUT2D eigenvalue weighted by Crippen LogP contribution is -2.54. The molecule has 1 fully saturated rings. The first-order valence-electron chi connectivity index (χ1n) is 10.6. The van der Waals surface area contributed by atoms with Crippen LogP contribution in [0.2, 0.25) is 0 Å². The van der Waals surface area contributed by atoms with E-state index in [0.29, 0.717) is 12.5 Å². The molecule has 10 nitrogen and oxygen atoms in total. The van der Waals surface area contributed by atoms with Gasteiger partial charge in [0.1, 0.15) is 6.04 Å². The van der Waals surface area contributed by atoms with E-state index in [2.05, 4.69) is 20.6 Å². The fraction of sp³-hybridized carbons (Fsp3) is 0.364. The molecule has 0 radical (unpaired) electrons. The number of carbonyl (C=O) groups is 4. The maximum Gasteiger partial charge on any atom is 0.262 e. The largest absolute Gasteiger partial charge is 0.350 e. The molecule has 5 rings (SSSR count). The van der Waals surface area contributed by atoms with E-state index in [0.717, 1.165) is 41.0 Å². The number of nitrogens with two attached hydrogens (primary N) is 1. The highest BCUT2D eigenvalue weighted by Crippen LogP contribution is 2.28. The van der Waals surface area contributed by atoms with Gasteiger partial charge in [-0.1, -0.05) is 6.07 Å². The van der Waals surface area contributed by atoms with Crippen molar-refractivity contribution in [2.24, 2.45) is 5.73 Å². The number of rotatable bonds is 4. The highest BCUT2D eigenvalue weighted by atomic mass is 16.2. The van der Waals surface area contributed by atoms with Crippen LogP contribution in [-0.4, -0.2) is 50.6 Å². The number of anilines is 1. The summed E-state index contributed by atoms with van der Waals surface area (Å²) in [7, 11) is 0. The molecule has 0 saturated carbocycles. The van der Waals surface area contributed by atoms with Crippen LogP contribution in [0.1, 0.15) is 56.8 Å². The van der Waals surface area contributed by atoms with Crippen molar-refractivity contribution in [3.05, 3.63) is 52.3 Å². The Hall–Kier alpha value is -3.66. The molecule has 0 spiro atoms. The first-order valence-corrected chi connectivity index (χ1v) is 10.6. The van der Waals surface area contributed by atoms with E-state index in [4.69, 9.17) is 5.73 Å². The number of benzene rings is 1. The Kier molecular flexibility index (Phi) is 4.93. The van der Waals surface area contributed by atoms with Crippen molar-refractivity contribution in [1.82, 2.24) is 20.2 Å². The number of imide groups is 2. The summed E-state index contributed by atoms with van der Waals surface area (Å²) in [5.41, 5.74) is 9.35. The number of aryl methyl sites for hydroxylation is 1. The Labute approximate surface area is 183 Å². The zero-order valence-corrected chi connectivity index (χ0v) is 17.3. The van der Waals surface area contributed by atoms with Crippen LogP contribution in [0, 0.1) is 0 Å². The number of amides is 4. The van der Waals surface area contributed by atoms with Crippen LogP contribution in [0.15, 0.2) is 24.4 Å². The number of fused-ring (bicyclic) bond motifs is 2. The van der Waals surface area contributed by atoms with Crippen molar-refractivity contribution >= 4 is 29.6 Å². The van der Waals surface area contributed by atoms with Gasteiger partial charge in [-0.25, -0.2) is 9.97 Å². The first kappa shape index (κ1) is 20.3. The van der Waals surface area contributed by atoms with Crippen LogP contribution in [0.4, 0.5) is 5.95 Å². The minimum absolute atomic E-state index is 0.0890. The highest BCUT2D eigenvalue weighted by molar-refractivity contribution is 6.23. The summed E-state index contributed by atoms with van der Waals surface area (Å²) in [6, 6.07) is 4.16. The van der Waals surface area contributed by atoms with Gasteiger partial charge in [-0.2, -0.15) is 0 Å². The van der Waals surface area contributed by atoms with E-state index < -0.39 is 29.7 Å². The normalized spacial score (nSPS) is 22.5. The Bertz CT molecular complexity index is 1160. The molecule has 32 heavy (non-hydrogen) atoms. The lowest BCUT2D eigenvalue weighted by atomic mass is 9.94. The van der Waals surface area contributed by atoms with Gasteiger partial charge in [-0.3, -0.25) is 29.4 Å². The molecule has 1 aromatic carbocycles. The van der Waals surface area contributed by atoms with E-state index in [-0.39, 0.29) is 30.0 Å². The maximum absolute atomic E-state index is 12.9. The Morgan fingerprint density at radius 2 is 1.91 bits per heavy atom. The van der Waals surface area contributed by atoms with Crippen molar-refractivity contribution in [2.75, 3.05) is 5.32 Å². The Morgan fingerprint density at radius 1 is 1.09 bits per heavy atom. The molecular formula is C22H22N6O4. The van der Waals surface area contributed by atoms with E-state index in [1.807, 2.05) is 0 Å². The molecule has 0 bridgehead atoms. The second kappa shape index (κ2) is 7.79. The van der Waals surface area contributed by atoms with Gasteiger partial charge in [0.05, 0.1) is 11.1 Å². The monoisotopic (exact) mass is 434 g/mol. The van der Waals surface area contributed by atoms with Gasteiger partial charge in [-0.15, -0.1) is 0 Å². The van der Waals surface area contributed by atoms with Gasteiger partial charge < -0.3 is 11.1 Å². The molecular weight excluding hydrogens is 412 g/mol. The number of hydrogen-bond donors (Lipinski definition) is 3. The number of nitrogens with zero attached hydrogens (tertiary/aromatic N) is 3. The minimum Gasteiger partial charge on any atom is -0.350 e. The average Bonchev–Trinajstić information content (AvgIpc) is 3.02. The first-order chi connectivity index (χ1) is 15.4. The molecule has 1 saturated heterocycles. The molecule has 10 heteroatoms. The predicted molar refractivity (Wildman–Crippen MR) is 112 cm³/mol. The Balaban J connectivity index is 1.31. The molecule has 4 N–H and O–H groups in total. The molecule has 2 unspecified atom stereocenters. The molecule has 2 atom stereocenters. The van der Waals surface area contributed by atoms with Crippen LogP contribution in [0.5, 0.6) is 0 Å². The van der Waals surface area contributed by atoms with Crippen molar-refractivity contribution in [3.63, 3.8) is 0 Å². The third-order valence-corrected chi connectivity index (χ3v) is 6.14. The molecule has 1 aliphatic carbocycles. The lowest BCUT2D eigenvalue weighted by Gasteiger charge is -2.27. The highest BCUT2D eigenvalue weighted by Gasteiger charge is 2.44. The topological polar surface area (TPSA) is 147 Å². The fourth-order valence-corrected chi connectivity index (χ4v) is 4.43. The standard InChI is InChI=1S/C22H22N6O4/c23-13-2-4-16-12(8-13)10-25-22(26-16)24-9-11-1-3-14-15(7-11)21(32)28(20(14)31)17-5-6-18(29)27-19(17)30/h1,3,7,10,13,17H,2,4-6,8-9,23H2,(H,24,25,26)(H,27,29,30). The molecule has 4 amide bonds. The minimum atomic E-state index is -0.973. The summed E-state index contributed by atoms with van der Waals surface area (Å²) in [5.74, 6) is -1.57. The summed E-state index contributed by atoms with van der Waals surface area (Å²) < 4.78 is 0. The van der Waals surface area contributed by atoms with E-state index >= 15 is 0 Å². The molecule has 2 aliphatic heterocycles. The molecule has 1 aromatic heterocycles. The Morgan fingerprint density at radius 3 is 2.72 bits per heavy atom. The number of piperidine rings is 1. The zero-order chi connectivity index (χ0) is 22.4. The summed E-state index contributed by atoms with van der Waals surface area (Å²) in [6.07, 6.45) is 4.51. The summed E-state index contributed by atoms with van der Waals surface area (Å²) in [5, 5.41) is 5.35. The van der Waals surface area contributed by atoms with Gasteiger partial charge in [0.15, 0.2) is 0 Å². The second-order valence-corrected chi connectivity index (χ2v) is 8.35. The molecule has 3 aliphatic rings. The van der Waals surface area contributed by atoms with E-state index in [1.54, 1.807) is 24.4 Å². The predicted octanol–water partition coefficient (Wildman–Crippen LogP) is 0.306. The second-order valence-electron chi connectivity index (χ2n) is 8.35. The van der Waals surface area contributed by atoms with Crippen LogP contribution >= 0.6 is 0 Å². The molecule has 2 aromatic rings. The van der Waals surface area contributed by atoms with Gasteiger partial charge in [-0.05, 0) is 48.9 Å². The number of aromatic nitrogens is 2. The zero-order valence-electron chi connectivity index (χ0n) is 17.3. The van der Waals surface area contributed by atoms with E-state index in [1.165, 1.54) is 0 Å². The van der Waals surface area contributed by atoms with Gasteiger partial charge in [0.2, 0.25) is 17.8 Å². The van der Waals surface area contributed by atoms with Gasteiger partial charge >= 0.3 is 0 Å². The van der Waals surface area contributed by atoms with Gasteiger partial charge in [0, 0.05) is 30.9 Å². The van der Waals surface area contributed by atoms with Crippen molar-refractivity contribution in [2.45, 2.75) is 50.7 Å².